The fourth-order valence-electron chi connectivity index (χ4n) is 1.11. The number of nitrogens with one attached hydrogen (secondary N) is 4. The van der Waals surface area contributed by atoms with Crippen LogP contribution in [0, 0.1) is 0 Å². The molecule has 0 atom stereocenters. The Bertz CT molecular complexity index is 250. The fraction of sp³-hybridized carbons (Fsp3) is 0.833. The van der Waals surface area contributed by atoms with Crippen molar-refractivity contribution in [3.05, 3.63) is 0 Å². The molecule has 0 amide bonds. The zero-order chi connectivity index (χ0) is 17.4. The second-order valence-corrected chi connectivity index (χ2v) is 3.88. The molecular weight excluding hydrogens is 264 g/mol. The van der Waals surface area contributed by atoms with E-state index in [9.17, 15) is 0 Å². The molecule has 8 nitrogen and oxygen atoms in total. The van der Waals surface area contributed by atoms with Crippen molar-refractivity contribution < 1.29 is 22.6 Å². The van der Waals surface area contributed by atoms with Crippen molar-refractivity contribution >= 4 is 11.9 Å². The maximum Gasteiger partial charge on any atom is 0.300 e. The Balaban J connectivity index is 0. The highest BCUT2D eigenvalue weighted by molar-refractivity contribution is 5.63. The second-order valence-electron chi connectivity index (χ2n) is 3.88. The lowest BCUT2D eigenvalue weighted by atomic mass is 10.4. The lowest BCUT2D eigenvalue weighted by Crippen LogP contribution is -2.39. The molecule has 0 spiro atoms. The van der Waals surface area contributed by atoms with Gasteiger partial charge in [-0.15, -0.1) is 0 Å². The van der Waals surface area contributed by atoms with E-state index >= 15 is 0 Å². The molecule has 0 saturated carbocycles. The first-order valence-corrected chi connectivity index (χ1v) is 6.53. The molecule has 0 aromatic heterocycles. The molecule has 20 heavy (non-hydrogen) atoms. The zero-order valence-electron chi connectivity index (χ0n) is 14.3. The van der Waals surface area contributed by atoms with Crippen LogP contribution in [-0.2, 0) is 9.59 Å². The molecule has 1 heterocycles. The van der Waals surface area contributed by atoms with Crippen molar-refractivity contribution in [1.29, 1.82) is 0 Å². The van der Waals surface area contributed by atoms with Gasteiger partial charge in [-0.25, -0.2) is 0 Å². The molecule has 0 aromatic carbocycles. The van der Waals surface area contributed by atoms with Crippen molar-refractivity contribution in [2.75, 3.05) is 52.4 Å². The van der Waals surface area contributed by atoms with E-state index in [0.717, 1.165) is 66.2 Å². The smallest absolute Gasteiger partial charge is 0.300 e. The summed E-state index contributed by atoms with van der Waals surface area (Å²) in [5.74, 6) is -1.67. The molecule has 1 rings (SSSR count). The highest BCUT2D eigenvalue weighted by Gasteiger charge is 1.92. The molecule has 0 radical (unpaired) electrons. The average molecular weight is 294 g/mol. The van der Waals surface area contributed by atoms with E-state index in [-0.39, 0.29) is 0 Å². The minimum Gasteiger partial charge on any atom is -0.481 e. The van der Waals surface area contributed by atoms with Gasteiger partial charge >= 0.3 is 0 Å². The van der Waals surface area contributed by atoms with Gasteiger partial charge in [-0.1, -0.05) is 0 Å². The Hall–Kier alpha value is -1.22. The second kappa shape index (κ2) is 17.8. The summed E-state index contributed by atoms with van der Waals surface area (Å²) in [4.78, 5) is 18.0. The van der Waals surface area contributed by atoms with E-state index in [1.807, 2.05) is 0 Å². The van der Waals surface area contributed by atoms with Crippen molar-refractivity contribution in [3.63, 3.8) is 0 Å². The molecule has 1 aliphatic rings. The number of hydrogen-bond donors (Lipinski definition) is 6. The zero-order valence-corrected chi connectivity index (χ0v) is 12.3. The standard InChI is InChI=1S/C8H20N4.2C2H4O2/c1-2-10-5-6-12-8-7-11-4-3-9-1;2*1-2(3)4/h9-12H,1-8H2;2*1H3,(H,3,4)/i/hD2. The van der Waals surface area contributed by atoms with Crippen LogP contribution in [0.15, 0.2) is 0 Å². The Morgan fingerprint density at radius 3 is 1.15 bits per heavy atom. The Labute approximate surface area is 123 Å². The largest absolute Gasteiger partial charge is 0.481 e. The maximum atomic E-state index is 9.00. The van der Waals surface area contributed by atoms with Crippen LogP contribution in [0.4, 0.5) is 0 Å². The van der Waals surface area contributed by atoms with Crippen molar-refractivity contribution in [2.45, 2.75) is 13.8 Å². The molecular formula is C12H28N4O4. The predicted octanol–water partition coefficient (Wildman–Crippen LogP) is -1.46. The predicted molar refractivity (Wildman–Crippen MR) is 78.1 cm³/mol. The highest BCUT2D eigenvalue weighted by atomic mass is 16.4. The van der Waals surface area contributed by atoms with Gasteiger partial charge in [-0.3, -0.25) is 9.59 Å². The summed E-state index contributed by atoms with van der Waals surface area (Å²) in [6.07, 6.45) is 0. The molecule has 0 aromatic rings. The summed E-state index contributed by atoms with van der Waals surface area (Å²) >= 11 is 0. The topological polar surface area (TPSA) is 123 Å². The van der Waals surface area contributed by atoms with Crippen molar-refractivity contribution in [2.24, 2.45) is 0 Å². The van der Waals surface area contributed by atoms with Crippen LogP contribution in [0.1, 0.15) is 13.8 Å². The van der Waals surface area contributed by atoms with Gasteiger partial charge in [0.1, 0.15) is 2.82 Å². The van der Waals surface area contributed by atoms with Crippen LogP contribution in [0.25, 0.3) is 0 Å². The van der Waals surface area contributed by atoms with Gasteiger partial charge in [0, 0.05) is 66.2 Å². The van der Waals surface area contributed by atoms with Crippen LogP contribution in [-0.4, -0.2) is 74.5 Å². The number of aliphatic carboxylic acids is 2. The number of carbonyl (C=O) groups is 2. The van der Waals surface area contributed by atoms with Crippen LogP contribution < -0.4 is 21.3 Å². The minimum atomic E-state index is -0.833. The van der Waals surface area contributed by atoms with Crippen LogP contribution in [0.2, 0.25) is 2.82 Å². The SMILES string of the molecule is CC(=O)O.CC(=O)O.[2H]N1CCNCCN([2H])CCNCC1. The minimum absolute atomic E-state index is 0.750. The summed E-state index contributed by atoms with van der Waals surface area (Å²) in [7, 11) is 0. The van der Waals surface area contributed by atoms with Gasteiger partial charge in [0.15, 0.2) is 0 Å². The number of hydrogen-bond acceptors (Lipinski definition) is 6. The van der Waals surface area contributed by atoms with Gasteiger partial charge < -0.3 is 31.5 Å². The molecule has 0 aliphatic carbocycles. The average Bonchev–Trinajstić information content (AvgIpc) is 2.35. The summed E-state index contributed by atoms with van der Waals surface area (Å²) in [6, 6.07) is 0. The van der Waals surface area contributed by atoms with Crippen molar-refractivity contribution in [3.8, 4) is 0 Å². The van der Waals surface area contributed by atoms with Crippen LogP contribution in [0.3, 0.4) is 0 Å². The van der Waals surface area contributed by atoms with E-state index in [1.54, 1.807) is 10.6 Å². The summed E-state index contributed by atoms with van der Waals surface area (Å²) in [5.41, 5.74) is 0. The number of carboxylic acids is 2. The third kappa shape index (κ3) is 36.0. The monoisotopic (exact) mass is 294 g/mol. The van der Waals surface area contributed by atoms with Gasteiger partial charge in [0.25, 0.3) is 11.9 Å². The summed E-state index contributed by atoms with van der Waals surface area (Å²) < 4.78 is 15.1. The van der Waals surface area contributed by atoms with Gasteiger partial charge in [-0.05, 0) is 0 Å². The van der Waals surface area contributed by atoms with Gasteiger partial charge in [0.05, 0.1) is 0 Å². The maximum absolute atomic E-state index is 9.00. The molecule has 0 unspecified atom stereocenters. The third-order valence-electron chi connectivity index (χ3n) is 1.79. The molecule has 1 saturated heterocycles. The lowest BCUT2D eigenvalue weighted by molar-refractivity contribution is -0.135. The summed E-state index contributed by atoms with van der Waals surface area (Å²) in [6.45, 7) is 8.49. The third-order valence-corrected chi connectivity index (χ3v) is 1.79. The Kier molecular flexibility index (Phi) is 15.0. The van der Waals surface area contributed by atoms with E-state index < -0.39 is 11.9 Å². The van der Waals surface area contributed by atoms with E-state index in [1.165, 1.54) is 0 Å². The summed E-state index contributed by atoms with van der Waals surface area (Å²) in [5, 5.41) is 24.4. The number of carboxylic acid groups (broad SMARTS) is 2. The van der Waals surface area contributed by atoms with E-state index in [2.05, 4.69) is 10.6 Å². The Morgan fingerprint density at radius 2 is 0.950 bits per heavy atom. The van der Waals surface area contributed by atoms with E-state index in [4.69, 9.17) is 22.6 Å². The van der Waals surface area contributed by atoms with Crippen molar-refractivity contribution in [1.82, 2.24) is 21.3 Å². The molecule has 6 N–H and O–H groups in total. The molecule has 1 aliphatic heterocycles. The van der Waals surface area contributed by atoms with E-state index in [0.29, 0.717) is 0 Å². The van der Waals surface area contributed by atoms with Crippen LogP contribution in [0.5, 0.6) is 0 Å². The molecule has 120 valence electrons. The Morgan fingerprint density at radius 1 is 0.750 bits per heavy atom. The van der Waals surface area contributed by atoms with Gasteiger partial charge in [-0.2, -0.15) is 0 Å². The molecule has 1 fully saturated rings. The number of rotatable bonds is 0. The fourth-order valence-corrected chi connectivity index (χ4v) is 1.11. The van der Waals surface area contributed by atoms with Crippen LogP contribution >= 0.6 is 0 Å². The highest BCUT2D eigenvalue weighted by Crippen LogP contribution is 1.65. The quantitative estimate of drug-likeness (QED) is 0.320. The first-order valence-electron chi connectivity index (χ1n) is 7.43. The normalized spacial score (nSPS) is 20.3. The molecule has 0 bridgehead atoms. The van der Waals surface area contributed by atoms with Gasteiger partial charge in [0.2, 0.25) is 0 Å². The first kappa shape index (κ1) is 16.8. The molecule has 8 heteroatoms. The lowest BCUT2D eigenvalue weighted by Gasteiger charge is -2.11. The first-order chi connectivity index (χ1) is 10.3.